The van der Waals surface area contributed by atoms with E-state index in [0.29, 0.717) is 0 Å². The summed E-state index contributed by atoms with van der Waals surface area (Å²) in [5, 5.41) is 0. The molecule has 0 aliphatic heterocycles. The number of hydrogen-bond acceptors (Lipinski definition) is 1. The quantitative estimate of drug-likeness (QED) is 0.694. The van der Waals surface area contributed by atoms with Gasteiger partial charge in [0.25, 0.3) is 0 Å². The van der Waals surface area contributed by atoms with E-state index in [1.165, 1.54) is 31.7 Å². The highest BCUT2D eigenvalue weighted by Gasteiger charge is 2.09. The van der Waals surface area contributed by atoms with E-state index in [0.717, 1.165) is 24.0 Å². The lowest BCUT2D eigenvalue weighted by molar-refractivity contribution is 0.552. The van der Waals surface area contributed by atoms with Crippen LogP contribution in [0.3, 0.4) is 0 Å². The van der Waals surface area contributed by atoms with Gasteiger partial charge in [0.15, 0.2) is 0 Å². The standard InChI is InChI=1S/C15H24FN/c1-3-4-5-6-7-8-15(17)14-10-9-13(16)11-12(14)2/h9-11,15H,3-8,17H2,1-2H3. The van der Waals surface area contributed by atoms with Crippen LogP contribution in [0.15, 0.2) is 18.2 Å². The van der Waals surface area contributed by atoms with Gasteiger partial charge in [0.05, 0.1) is 0 Å². The van der Waals surface area contributed by atoms with E-state index in [4.69, 9.17) is 5.73 Å². The monoisotopic (exact) mass is 237 g/mol. The Morgan fingerprint density at radius 1 is 1.18 bits per heavy atom. The minimum Gasteiger partial charge on any atom is -0.324 e. The van der Waals surface area contributed by atoms with Crippen molar-refractivity contribution in [3.05, 3.63) is 35.1 Å². The molecule has 0 fully saturated rings. The van der Waals surface area contributed by atoms with Gasteiger partial charge in [0.2, 0.25) is 0 Å². The van der Waals surface area contributed by atoms with E-state index < -0.39 is 0 Å². The van der Waals surface area contributed by atoms with Crippen LogP contribution in [-0.4, -0.2) is 0 Å². The maximum Gasteiger partial charge on any atom is 0.123 e. The van der Waals surface area contributed by atoms with Crippen molar-refractivity contribution in [3.8, 4) is 0 Å². The number of unbranched alkanes of at least 4 members (excludes halogenated alkanes) is 4. The van der Waals surface area contributed by atoms with Gasteiger partial charge in [-0.15, -0.1) is 0 Å². The summed E-state index contributed by atoms with van der Waals surface area (Å²) < 4.78 is 13.0. The fraction of sp³-hybridized carbons (Fsp3) is 0.600. The van der Waals surface area contributed by atoms with E-state index in [9.17, 15) is 4.39 Å². The van der Waals surface area contributed by atoms with Crippen LogP contribution >= 0.6 is 0 Å². The highest BCUT2D eigenvalue weighted by molar-refractivity contribution is 5.29. The third kappa shape index (κ3) is 4.86. The molecule has 17 heavy (non-hydrogen) atoms. The molecule has 0 radical (unpaired) electrons. The molecular weight excluding hydrogens is 213 g/mol. The lowest BCUT2D eigenvalue weighted by Gasteiger charge is -2.14. The highest BCUT2D eigenvalue weighted by Crippen LogP contribution is 2.21. The van der Waals surface area contributed by atoms with Gasteiger partial charge in [-0.3, -0.25) is 0 Å². The Labute approximate surface area is 104 Å². The molecule has 1 aromatic carbocycles. The summed E-state index contributed by atoms with van der Waals surface area (Å²) in [5.41, 5.74) is 8.19. The molecule has 0 heterocycles. The SMILES string of the molecule is CCCCCCCC(N)c1ccc(F)cc1C. The minimum atomic E-state index is -0.179. The van der Waals surface area contributed by atoms with Gasteiger partial charge >= 0.3 is 0 Å². The zero-order chi connectivity index (χ0) is 12.7. The Hall–Kier alpha value is -0.890. The number of benzene rings is 1. The Morgan fingerprint density at radius 3 is 2.53 bits per heavy atom. The van der Waals surface area contributed by atoms with Crippen molar-refractivity contribution in [1.82, 2.24) is 0 Å². The molecule has 0 bridgehead atoms. The van der Waals surface area contributed by atoms with Crippen LogP contribution < -0.4 is 5.73 Å². The number of hydrogen-bond donors (Lipinski definition) is 1. The molecule has 96 valence electrons. The van der Waals surface area contributed by atoms with Gasteiger partial charge in [-0.2, -0.15) is 0 Å². The maximum absolute atomic E-state index is 13.0. The fourth-order valence-corrected chi connectivity index (χ4v) is 2.18. The summed E-state index contributed by atoms with van der Waals surface area (Å²) in [6.45, 7) is 4.14. The first kappa shape index (κ1) is 14.2. The van der Waals surface area contributed by atoms with E-state index in [1.807, 2.05) is 13.0 Å². The van der Waals surface area contributed by atoms with Crippen molar-refractivity contribution in [2.24, 2.45) is 5.73 Å². The van der Waals surface area contributed by atoms with Gasteiger partial charge < -0.3 is 5.73 Å². The topological polar surface area (TPSA) is 26.0 Å². The normalized spacial score (nSPS) is 12.7. The molecule has 1 aromatic rings. The predicted molar refractivity (Wildman–Crippen MR) is 71.4 cm³/mol. The molecule has 0 amide bonds. The second kappa shape index (κ2) is 7.44. The van der Waals surface area contributed by atoms with Crippen LogP contribution in [0.25, 0.3) is 0 Å². The summed E-state index contributed by atoms with van der Waals surface area (Å²) in [6, 6.07) is 4.93. The van der Waals surface area contributed by atoms with E-state index >= 15 is 0 Å². The van der Waals surface area contributed by atoms with Crippen LogP contribution in [0, 0.1) is 12.7 Å². The molecule has 0 saturated carbocycles. The van der Waals surface area contributed by atoms with E-state index in [2.05, 4.69) is 6.92 Å². The zero-order valence-corrected chi connectivity index (χ0v) is 11.0. The molecule has 2 heteroatoms. The Kier molecular flexibility index (Phi) is 6.20. The first-order chi connectivity index (χ1) is 8.15. The Balaban J connectivity index is 2.38. The number of nitrogens with two attached hydrogens (primary N) is 1. The largest absolute Gasteiger partial charge is 0.324 e. The first-order valence-corrected chi connectivity index (χ1v) is 6.66. The molecule has 0 aliphatic carbocycles. The average Bonchev–Trinajstić information content (AvgIpc) is 2.28. The summed E-state index contributed by atoms with van der Waals surface area (Å²) in [7, 11) is 0. The number of halogens is 1. The zero-order valence-electron chi connectivity index (χ0n) is 11.0. The minimum absolute atomic E-state index is 0.0530. The summed E-state index contributed by atoms with van der Waals surface area (Å²) in [4.78, 5) is 0. The third-order valence-corrected chi connectivity index (χ3v) is 3.25. The highest BCUT2D eigenvalue weighted by atomic mass is 19.1. The molecular formula is C15H24FN. The van der Waals surface area contributed by atoms with Crippen molar-refractivity contribution in [2.75, 3.05) is 0 Å². The van der Waals surface area contributed by atoms with Crippen LogP contribution in [0.2, 0.25) is 0 Å². The summed E-state index contributed by atoms with van der Waals surface area (Å²) >= 11 is 0. The summed E-state index contributed by atoms with van der Waals surface area (Å²) in [6.07, 6.45) is 7.29. The molecule has 0 aliphatic rings. The van der Waals surface area contributed by atoms with Gasteiger partial charge in [-0.05, 0) is 36.6 Å². The Morgan fingerprint density at radius 2 is 1.88 bits per heavy atom. The number of rotatable bonds is 7. The molecule has 1 unspecified atom stereocenters. The van der Waals surface area contributed by atoms with E-state index in [1.54, 1.807) is 6.07 Å². The molecule has 1 nitrogen and oxygen atoms in total. The molecule has 2 N–H and O–H groups in total. The molecule has 0 saturated heterocycles. The molecule has 0 aromatic heterocycles. The van der Waals surface area contributed by atoms with Gasteiger partial charge in [0.1, 0.15) is 5.82 Å². The fourth-order valence-electron chi connectivity index (χ4n) is 2.18. The first-order valence-electron chi connectivity index (χ1n) is 6.66. The molecule has 1 rings (SSSR count). The lowest BCUT2D eigenvalue weighted by Crippen LogP contribution is -2.11. The molecule has 1 atom stereocenters. The van der Waals surface area contributed by atoms with Crippen LogP contribution in [0.5, 0.6) is 0 Å². The average molecular weight is 237 g/mol. The maximum atomic E-state index is 13.0. The van der Waals surface area contributed by atoms with Crippen molar-refractivity contribution < 1.29 is 4.39 Å². The summed E-state index contributed by atoms with van der Waals surface area (Å²) in [5.74, 6) is -0.179. The van der Waals surface area contributed by atoms with Crippen molar-refractivity contribution in [2.45, 2.75) is 58.4 Å². The molecule has 0 spiro atoms. The van der Waals surface area contributed by atoms with Gasteiger partial charge in [-0.25, -0.2) is 4.39 Å². The smallest absolute Gasteiger partial charge is 0.123 e. The number of aryl methyl sites for hydroxylation is 1. The van der Waals surface area contributed by atoms with Gasteiger partial charge in [0, 0.05) is 6.04 Å². The van der Waals surface area contributed by atoms with Crippen LogP contribution in [0.1, 0.15) is 62.6 Å². The van der Waals surface area contributed by atoms with Gasteiger partial charge in [-0.1, -0.05) is 45.1 Å². The van der Waals surface area contributed by atoms with Crippen LogP contribution in [0.4, 0.5) is 4.39 Å². The second-order valence-corrected chi connectivity index (χ2v) is 4.81. The van der Waals surface area contributed by atoms with Crippen molar-refractivity contribution in [1.29, 1.82) is 0 Å². The predicted octanol–water partition coefficient (Wildman–Crippen LogP) is 4.49. The lowest BCUT2D eigenvalue weighted by atomic mass is 9.97. The van der Waals surface area contributed by atoms with Crippen molar-refractivity contribution >= 4 is 0 Å². The van der Waals surface area contributed by atoms with Crippen molar-refractivity contribution in [3.63, 3.8) is 0 Å². The Bertz CT molecular complexity index is 336. The van der Waals surface area contributed by atoms with Crippen LogP contribution in [-0.2, 0) is 0 Å². The van der Waals surface area contributed by atoms with E-state index in [-0.39, 0.29) is 11.9 Å². The second-order valence-electron chi connectivity index (χ2n) is 4.81. The third-order valence-electron chi connectivity index (χ3n) is 3.25.